The molecular weight excluding hydrogens is 285 g/mol. The summed E-state index contributed by atoms with van der Waals surface area (Å²) in [6.07, 6.45) is 0.729. The Morgan fingerprint density at radius 1 is 1.33 bits per heavy atom. The highest BCUT2D eigenvalue weighted by molar-refractivity contribution is 7.05. The lowest BCUT2D eigenvalue weighted by molar-refractivity contribution is 0.529. The fraction of sp³-hybridized carbons (Fsp3) is 0.500. The van der Waals surface area contributed by atoms with Crippen LogP contribution in [-0.4, -0.2) is 16.6 Å². The van der Waals surface area contributed by atoms with Gasteiger partial charge in [0.05, 0.1) is 10.6 Å². The Labute approximate surface area is 129 Å². The van der Waals surface area contributed by atoms with Gasteiger partial charge in [-0.25, -0.2) is 4.39 Å². The topological polar surface area (TPSA) is 37.8 Å². The van der Waals surface area contributed by atoms with Crippen LogP contribution in [0.25, 0.3) is 0 Å². The molecule has 114 valence electrons. The van der Waals surface area contributed by atoms with Gasteiger partial charge in [-0.3, -0.25) is 0 Å². The highest BCUT2D eigenvalue weighted by Crippen LogP contribution is 2.32. The number of benzene rings is 1. The second-order valence-corrected chi connectivity index (χ2v) is 7.14. The zero-order valence-corrected chi connectivity index (χ0v) is 14.0. The van der Waals surface area contributed by atoms with Crippen molar-refractivity contribution in [2.45, 2.75) is 45.6 Å². The predicted molar refractivity (Wildman–Crippen MR) is 85.3 cm³/mol. The van der Waals surface area contributed by atoms with E-state index in [9.17, 15) is 4.39 Å². The Kier molecular flexibility index (Phi) is 4.74. The van der Waals surface area contributed by atoms with Gasteiger partial charge in [-0.15, -0.1) is 5.10 Å². The monoisotopic (exact) mass is 307 g/mol. The van der Waals surface area contributed by atoms with Gasteiger partial charge in [0.25, 0.3) is 0 Å². The summed E-state index contributed by atoms with van der Waals surface area (Å²) in [6.45, 7) is 8.41. The van der Waals surface area contributed by atoms with E-state index in [1.54, 1.807) is 6.07 Å². The number of halogens is 1. The van der Waals surface area contributed by atoms with Crippen LogP contribution in [0.3, 0.4) is 0 Å². The van der Waals surface area contributed by atoms with Gasteiger partial charge in [-0.05, 0) is 55.2 Å². The maximum atomic E-state index is 13.5. The molecule has 1 N–H and O–H groups in total. The molecule has 3 nitrogen and oxygen atoms in total. The highest BCUT2D eigenvalue weighted by Gasteiger charge is 2.27. The zero-order valence-electron chi connectivity index (χ0n) is 13.2. The van der Waals surface area contributed by atoms with Crippen LogP contribution in [0.5, 0.6) is 0 Å². The smallest absolute Gasteiger partial charge is 0.123 e. The van der Waals surface area contributed by atoms with Gasteiger partial charge in [0, 0.05) is 11.5 Å². The summed E-state index contributed by atoms with van der Waals surface area (Å²) < 4.78 is 17.6. The van der Waals surface area contributed by atoms with Gasteiger partial charge in [0.15, 0.2) is 0 Å². The first-order valence-corrected chi connectivity index (χ1v) is 7.85. The molecule has 0 fully saturated rings. The summed E-state index contributed by atoms with van der Waals surface area (Å²) in [7, 11) is 1.92. The molecule has 0 bridgehead atoms. The molecule has 0 aliphatic heterocycles. The summed E-state index contributed by atoms with van der Waals surface area (Å²) in [6, 6.07) is 5.04. The Hall–Kier alpha value is -1.33. The third-order valence-corrected chi connectivity index (χ3v) is 4.46. The van der Waals surface area contributed by atoms with Crippen molar-refractivity contribution in [3.8, 4) is 0 Å². The van der Waals surface area contributed by atoms with E-state index in [0.29, 0.717) is 0 Å². The van der Waals surface area contributed by atoms with E-state index in [1.165, 1.54) is 17.6 Å². The second-order valence-electron chi connectivity index (χ2n) is 6.35. The molecule has 2 rings (SSSR count). The molecule has 0 aliphatic carbocycles. The number of nitrogens with zero attached hydrogens (tertiary/aromatic N) is 2. The largest absolute Gasteiger partial charge is 0.312 e. The van der Waals surface area contributed by atoms with E-state index in [2.05, 4.69) is 35.7 Å². The van der Waals surface area contributed by atoms with E-state index in [0.717, 1.165) is 28.1 Å². The SMILES string of the molecule is CNC(Cc1cc(F)ccc1C)c1snnc1C(C)(C)C. The molecule has 0 aliphatic rings. The Morgan fingerprint density at radius 2 is 2.05 bits per heavy atom. The molecule has 0 saturated carbocycles. The highest BCUT2D eigenvalue weighted by atomic mass is 32.1. The lowest BCUT2D eigenvalue weighted by atomic mass is 9.88. The van der Waals surface area contributed by atoms with Crippen molar-refractivity contribution in [2.24, 2.45) is 0 Å². The van der Waals surface area contributed by atoms with E-state index >= 15 is 0 Å². The van der Waals surface area contributed by atoms with Crippen LogP contribution < -0.4 is 5.32 Å². The molecule has 21 heavy (non-hydrogen) atoms. The van der Waals surface area contributed by atoms with Gasteiger partial charge in [-0.2, -0.15) is 0 Å². The van der Waals surface area contributed by atoms with Crippen molar-refractivity contribution in [3.63, 3.8) is 0 Å². The Bertz CT molecular complexity index is 616. The van der Waals surface area contributed by atoms with E-state index in [-0.39, 0.29) is 17.3 Å². The summed E-state index contributed by atoms with van der Waals surface area (Å²) in [5, 5.41) is 7.61. The lowest BCUT2D eigenvalue weighted by Gasteiger charge is -2.22. The minimum absolute atomic E-state index is 0.0472. The van der Waals surface area contributed by atoms with Crippen LogP contribution >= 0.6 is 11.5 Å². The average molecular weight is 307 g/mol. The van der Waals surface area contributed by atoms with E-state index in [1.807, 2.05) is 20.0 Å². The molecule has 1 atom stereocenters. The summed E-state index contributed by atoms with van der Waals surface area (Å²) in [5.41, 5.74) is 3.09. The fourth-order valence-corrected chi connectivity index (χ4v) is 3.32. The molecule has 0 saturated heterocycles. The maximum Gasteiger partial charge on any atom is 0.123 e. The van der Waals surface area contributed by atoms with Crippen LogP contribution in [0.4, 0.5) is 4.39 Å². The fourth-order valence-electron chi connectivity index (χ4n) is 2.35. The first-order chi connectivity index (χ1) is 9.82. The van der Waals surface area contributed by atoms with Crippen molar-refractivity contribution in [1.29, 1.82) is 0 Å². The molecule has 1 aromatic carbocycles. The predicted octanol–water partition coefficient (Wildman–Crippen LogP) is 3.79. The van der Waals surface area contributed by atoms with E-state index in [4.69, 9.17) is 0 Å². The van der Waals surface area contributed by atoms with Crippen LogP contribution in [0.1, 0.15) is 48.5 Å². The summed E-state index contributed by atoms with van der Waals surface area (Å²) in [5.74, 6) is -0.191. The molecule has 0 spiro atoms. The summed E-state index contributed by atoms with van der Waals surface area (Å²) in [4.78, 5) is 1.13. The number of likely N-dealkylation sites (N-methyl/N-ethyl adjacent to an activating group) is 1. The number of hydrogen-bond donors (Lipinski definition) is 1. The Morgan fingerprint density at radius 3 is 2.67 bits per heavy atom. The standard InChI is InChI=1S/C16H22FN3S/c1-10-6-7-12(17)8-11(10)9-13(18-5)14-15(16(2,3)4)19-20-21-14/h6-8,13,18H,9H2,1-5H3. The normalized spacial score (nSPS) is 13.4. The zero-order chi connectivity index (χ0) is 15.6. The number of rotatable bonds is 4. The third-order valence-electron chi connectivity index (χ3n) is 3.62. The molecule has 0 radical (unpaired) electrons. The van der Waals surface area contributed by atoms with Crippen molar-refractivity contribution in [3.05, 3.63) is 45.7 Å². The minimum Gasteiger partial charge on any atom is -0.312 e. The molecule has 1 unspecified atom stereocenters. The molecule has 0 amide bonds. The molecule has 1 heterocycles. The van der Waals surface area contributed by atoms with Crippen LogP contribution in [-0.2, 0) is 11.8 Å². The Balaban J connectivity index is 2.33. The van der Waals surface area contributed by atoms with Gasteiger partial charge in [0.1, 0.15) is 5.82 Å². The average Bonchev–Trinajstić information content (AvgIpc) is 2.89. The van der Waals surface area contributed by atoms with Crippen molar-refractivity contribution >= 4 is 11.5 Å². The number of aryl methyl sites for hydroxylation is 1. The van der Waals surface area contributed by atoms with Gasteiger partial charge in [-0.1, -0.05) is 31.3 Å². The molecule has 2 aromatic rings. The minimum atomic E-state index is -0.191. The van der Waals surface area contributed by atoms with Crippen LogP contribution in [0.15, 0.2) is 18.2 Å². The maximum absolute atomic E-state index is 13.5. The van der Waals surface area contributed by atoms with Crippen LogP contribution in [0, 0.1) is 12.7 Å². The van der Waals surface area contributed by atoms with E-state index < -0.39 is 0 Å². The van der Waals surface area contributed by atoms with Crippen molar-refractivity contribution < 1.29 is 4.39 Å². The van der Waals surface area contributed by atoms with Crippen LogP contribution in [0.2, 0.25) is 0 Å². The number of nitrogens with one attached hydrogen (secondary N) is 1. The molecular formula is C16H22FN3S. The van der Waals surface area contributed by atoms with Gasteiger partial charge < -0.3 is 5.32 Å². The van der Waals surface area contributed by atoms with Crippen molar-refractivity contribution in [2.75, 3.05) is 7.05 Å². The third kappa shape index (κ3) is 3.66. The second kappa shape index (κ2) is 6.20. The summed E-state index contributed by atoms with van der Waals surface area (Å²) >= 11 is 1.42. The quantitative estimate of drug-likeness (QED) is 0.934. The van der Waals surface area contributed by atoms with Gasteiger partial charge >= 0.3 is 0 Å². The van der Waals surface area contributed by atoms with Gasteiger partial charge in [0.2, 0.25) is 0 Å². The lowest BCUT2D eigenvalue weighted by Crippen LogP contribution is -2.23. The number of aromatic nitrogens is 2. The number of hydrogen-bond acceptors (Lipinski definition) is 4. The molecule has 1 aromatic heterocycles. The first kappa shape index (κ1) is 16.0. The first-order valence-electron chi connectivity index (χ1n) is 7.08. The van der Waals surface area contributed by atoms with Crippen molar-refractivity contribution in [1.82, 2.24) is 14.9 Å². The molecule has 5 heteroatoms.